The third-order valence-corrected chi connectivity index (χ3v) is 0.327. The van der Waals surface area contributed by atoms with Crippen molar-refractivity contribution in [2.45, 2.75) is 0 Å². The molecule has 6 heavy (non-hydrogen) atoms. The fourth-order valence-electron chi connectivity index (χ4n) is 0. The van der Waals surface area contributed by atoms with Crippen molar-refractivity contribution in [2.75, 3.05) is 5.88 Å². The van der Waals surface area contributed by atoms with E-state index < -0.39 is 0 Å². The molecule has 40 valence electrons. The molecule has 0 aromatic heterocycles. The summed E-state index contributed by atoms with van der Waals surface area (Å²) in [6, 6.07) is 0. The molecule has 0 aliphatic rings. The van der Waals surface area contributed by atoms with Crippen LogP contribution in [0.15, 0.2) is 12.7 Å². The van der Waals surface area contributed by atoms with Gasteiger partial charge in [0.2, 0.25) is 0 Å². The maximum Gasteiger partial charge on any atom is 2.00 e. The van der Waals surface area contributed by atoms with Gasteiger partial charge < -0.3 is 0 Å². The van der Waals surface area contributed by atoms with Gasteiger partial charge in [-0.15, -0.1) is 18.2 Å². The van der Waals surface area contributed by atoms with Gasteiger partial charge in [0, 0.05) is 5.88 Å². The second-order valence-corrected chi connectivity index (χ2v) is 0.752. The molecule has 0 aromatic carbocycles. The van der Waals surface area contributed by atoms with Crippen molar-refractivity contribution < 1.29 is 40.8 Å². The van der Waals surface area contributed by atoms with E-state index in [2.05, 4.69) is 6.58 Å². The van der Waals surface area contributed by atoms with Crippen LogP contribution < -0.4 is 0 Å². The van der Waals surface area contributed by atoms with Crippen molar-refractivity contribution in [3.8, 4) is 0 Å². The van der Waals surface area contributed by atoms with Crippen LogP contribution >= 0.6 is 11.6 Å². The molecule has 0 fully saturated rings. The number of allylic oxidation sites excluding steroid dienone is 1. The maximum absolute atomic E-state index is 5.07. The number of hydrogen-bond donors (Lipinski definition) is 0. The van der Waals surface area contributed by atoms with Crippen LogP contribution in [0.2, 0.25) is 0 Å². The van der Waals surface area contributed by atoms with Gasteiger partial charge in [-0.2, -0.15) is 0 Å². The number of rotatable bonds is 1. The Balaban J connectivity index is -0.0000000450. The first-order chi connectivity index (χ1) is 1.91. The number of halogens is 1. The second kappa shape index (κ2) is 16.2. The Morgan fingerprint density at radius 2 is 1.67 bits per heavy atom. The third kappa shape index (κ3) is 18.3. The minimum atomic E-state index is 0. The van der Waals surface area contributed by atoms with Crippen molar-refractivity contribution in [1.29, 1.82) is 0 Å². The van der Waals surface area contributed by atoms with Gasteiger partial charge in [0.15, 0.2) is 0 Å². The van der Waals surface area contributed by atoms with E-state index >= 15 is 0 Å². The molecule has 0 N–H and O–H groups in total. The SMILES string of the molecule is C=CCCl.[Pd+2].[Pd+2]. The van der Waals surface area contributed by atoms with E-state index in [-0.39, 0.29) is 40.8 Å². The molecule has 0 saturated carbocycles. The molecule has 0 unspecified atom stereocenters. The fraction of sp³-hybridized carbons (Fsp3) is 0.333. The van der Waals surface area contributed by atoms with Gasteiger partial charge in [-0.1, -0.05) is 6.08 Å². The Hall–Kier alpha value is 1.35. The van der Waals surface area contributed by atoms with Gasteiger partial charge in [-0.05, 0) is 0 Å². The quantitative estimate of drug-likeness (QED) is 0.389. The summed E-state index contributed by atoms with van der Waals surface area (Å²) in [4.78, 5) is 0. The first-order valence-electron chi connectivity index (χ1n) is 1.08. The van der Waals surface area contributed by atoms with Crippen LogP contribution in [-0.4, -0.2) is 5.88 Å². The Kier molecular flexibility index (Phi) is 42.3. The van der Waals surface area contributed by atoms with Crippen molar-refractivity contribution in [3.05, 3.63) is 12.7 Å². The summed E-state index contributed by atoms with van der Waals surface area (Å²) in [5.74, 6) is 0.556. The predicted octanol–water partition coefficient (Wildman–Crippen LogP) is 1.41. The van der Waals surface area contributed by atoms with Crippen LogP contribution in [-0.2, 0) is 40.8 Å². The van der Waals surface area contributed by atoms with Crippen molar-refractivity contribution in [2.24, 2.45) is 0 Å². The summed E-state index contributed by atoms with van der Waals surface area (Å²) in [7, 11) is 0. The van der Waals surface area contributed by atoms with Gasteiger partial charge in [-0.25, -0.2) is 0 Å². The molecule has 0 amide bonds. The fourth-order valence-corrected chi connectivity index (χ4v) is 0. The molecule has 0 aromatic rings. The Bertz CT molecular complexity index is 22.8. The smallest absolute Gasteiger partial charge is 0.122 e. The number of alkyl halides is 1. The topological polar surface area (TPSA) is 0 Å². The van der Waals surface area contributed by atoms with Crippen LogP contribution in [0, 0.1) is 0 Å². The summed E-state index contributed by atoms with van der Waals surface area (Å²) in [5, 5.41) is 0. The van der Waals surface area contributed by atoms with Crippen LogP contribution in [0.4, 0.5) is 0 Å². The summed E-state index contributed by atoms with van der Waals surface area (Å²) < 4.78 is 0. The summed E-state index contributed by atoms with van der Waals surface area (Å²) in [6.45, 7) is 3.35. The Morgan fingerprint density at radius 1 is 1.50 bits per heavy atom. The van der Waals surface area contributed by atoms with Gasteiger partial charge in [0.05, 0.1) is 0 Å². The Labute approximate surface area is 70.6 Å². The summed E-state index contributed by atoms with van der Waals surface area (Å²) in [6.07, 6.45) is 1.64. The van der Waals surface area contributed by atoms with E-state index in [1.165, 1.54) is 0 Å². The van der Waals surface area contributed by atoms with Crippen LogP contribution in [0.3, 0.4) is 0 Å². The monoisotopic (exact) mass is 288 g/mol. The molecule has 0 rings (SSSR count). The van der Waals surface area contributed by atoms with Crippen LogP contribution in [0.25, 0.3) is 0 Å². The Morgan fingerprint density at radius 3 is 1.67 bits per heavy atom. The predicted molar refractivity (Wildman–Crippen MR) is 20.9 cm³/mol. The van der Waals surface area contributed by atoms with E-state index in [4.69, 9.17) is 11.6 Å². The molecular weight excluding hydrogens is 284 g/mol. The minimum absolute atomic E-state index is 0. The average molecular weight is 289 g/mol. The van der Waals surface area contributed by atoms with E-state index in [0.29, 0.717) is 5.88 Å². The average Bonchev–Trinajstić information content (AvgIpc) is 1.37. The van der Waals surface area contributed by atoms with Gasteiger partial charge in [-0.3, -0.25) is 0 Å². The van der Waals surface area contributed by atoms with Crippen LogP contribution in [0.1, 0.15) is 0 Å². The van der Waals surface area contributed by atoms with Gasteiger partial charge in [0.25, 0.3) is 0 Å². The molecule has 0 atom stereocenters. The van der Waals surface area contributed by atoms with Crippen molar-refractivity contribution in [3.63, 3.8) is 0 Å². The number of hydrogen-bond acceptors (Lipinski definition) is 0. The van der Waals surface area contributed by atoms with Crippen LogP contribution in [0.5, 0.6) is 0 Å². The maximum atomic E-state index is 5.07. The molecule has 3 heteroatoms. The summed E-state index contributed by atoms with van der Waals surface area (Å²) in [5.41, 5.74) is 0. The van der Waals surface area contributed by atoms with E-state index in [1.807, 2.05) is 0 Å². The molecule has 0 saturated heterocycles. The van der Waals surface area contributed by atoms with Crippen molar-refractivity contribution in [1.82, 2.24) is 0 Å². The van der Waals surface area contributed by atoms with Gasteiger partial charge >= 0.3 is 40.8 Å². The first kappa shape index (κ1) is 15.7. The van der Waals surface area contributed by atoms with E-state index in [1.54, 1.807) is 6.08 Å². The van der Waals surface area contributed by atoms with Crippen molar-refractivity contribution >= 4 is 11.6 Å². The normalized spacial score (nSPS) is 4.17. The third-order valence-electron chi connectivity index (χ3n) is 0.109. The zero-order chi connectivity index (χ0) is 3.41. The molecule has 0 bridgehead atoms. The molecule has 0 radical (unpaired) electrons. The largest absolute Gasteiger partial charge is 2.00 e. The standard InChI is InChI=1S/C3H5Cl.2Pd/c1-2-3-4;;/h2H,1,3H2;;/q;2*+2. The molecule has 0 aliphatic heterocycles. The van der Waals surface area contributed by atoms with E-state index in [9.17, 15) is 0 Å². The minimum Gasteiger partial charge on any atom is -0.122 e. The zero-order valence-electron chi connectivity index (χ0n) is 3.00. The molecular formula is C3H5ClPd2+4. The first-order valence-corrected chi connectivity index (χ1v) is 1.62. The molecule has 0 aliphatic carbocycles. The van der Waals surface area contributed by atoms with Gasteiger partial charge in [0.1, 0.15) is 0 Å². The van der Waals surface area contributed by atoms with E-state index in [0.717, 1.165) is 0 Å². The zero-order valence-corrected chi connectivity index (χ0v) is 6.87. The molecule has 0 nitrogen and oxygen atoms in total. The summed E-state index contributed by atoms with van der Waals surface area (Å²) >= 11 is 5.07. The molecule has 0 spiro atoms. The second-order valence-electron chi connectivity index (χ2n) is 0.443. The molecule has 0 heterocycles.